The second-order valence-electron chi connectivity index (χ2n) is 4.57. The maximum atomic E-state index is 10.8. The van der Waals surface area contributed by atoms with E-state index >= 15 is 0 Å². The van der Waals surface area contributed by atoms with Gasteiger partial charge in [0.05, 0.1) is 12.3 Å². The number of carbonyl (C=O) groups is 1. The third kappa shape index (κ3) is 3.34. The van der Waals surface area contributed by atoms with Crippen LogP contribution in [0.2, 0.25) is 0 Å². The lowest BCUT2D eigenvalue weighted by Crippen LogP contribution is -2.08. The lowest BCUT2D eigenvalue weighted by Gasteiger charge is -2.07. The predicted molar refractivity (Wildman–Crippen MR) is 73.0 cm³/mol. The summed E-state index contributed by atoms with van der Waals surface area (Å²) in [6, 6.07) is 7.85. The Morgan fingerprint density at radius 3 is 2.60 bits per heavy atom. The Bertz CT molecular complexity index is 590. The highest BCUT2D eigenvalue weighted by Gasteiger charge is 2.14. The van der Waals surface area contributed by atoms with Gasteiger partial charge in [0.2, 0.25) is 0 Å². The Kier molecular flexibility index (Phi) is 4.34. The smallest absolute Gasteiger partial charge is 0.358 e. The summed E-state index contributed by atoms with van der Waals surface area (Å²) in [4.78, 5) is 10.8. The van der Waals surface area contributed by atoms with Crippen LogP contribution in [0.25, 0.3) is 0 Å². The van der Waals surface area contributed by atoms with E-state index in [1.165, 1.54) is 5.56 Å². The van der Waals surface area contributed by atoms with Crippen LogP contribution in [0.4, 0.5) is 0 Å². The second kappa shape index (κ2) is 6.18. The molecule has 0 bridgehead atoms. The molecule has 6 heteroatoms. The summed E-state index contributed by atoms with van der Waals surface area (Å²) in [6.07, 6.45) is 0.733. The van der Waals surface area contributed by atoms with Gasteiger partial charge >= 0.3 is 5.97 Å². The molecule has 0 fully saturated rings. The van der Waals surface area contributed by atoms with E-state index in [1.54, 1.807) is 11.6 Å². The van der Waals surface area contributed by atoms with Crippen molar-refractivity contribution >= 4 is 5.97 Å². The summed E-state index contributed by atoms with van der Waals surface area (Å²) < 4.78 is 7.18. The Labute approximate surface area is 117 Å². The number of rotatable bonds is 6. The number of aromatic carboxylic acids is 1. The van der Waals surface area contributed by atoms with Gasteiger partial charge in [0.1, 0.15) is 5.75 Å². The zero-order valence-corrected chi connectivity index (χ0v) is 11.5. The topological polar surface area (TPSA) is 77.2 Å². The number of ether oxygens (including phenoxy) is 1. The lowest BCUT2D eigenvalue weighted by atomic mass is 10.2. The van der Waals surface area contributed by atoms with Crippen LogP contribution in [-0.4, -0.2) is 32.7 Å². The molecule has 0 amide bonds. The molecule has 0 radical (unpaired) electrons. The maximum absolute atomic E-state index is 10.8. The molecule has 6 nitrogen and oxygen atoms in total. The molecule has 1 aromatic heterocycles. The fourth-order valence-corrected chi connectivity index (χ4v) is 1.81. The molecule has 2 rings (SSSR count). The second-order valence-corrected chi connectivity index (χ2v) is 4.57. The molecule has 1 N–H and O–H groups in total. The summed E-state index contributed by atoms with van der Waals surface area (Å²) >= 11 is 0. The van der Waals surface area contributed by atoms with Gasteiger partial charge in [-0.2, -0.15) is 0 Å². The zero-order chi connectivity index (χ0) is 14.5. The molecule has 0 aliphatic rings. The number of hydrogen-bond acceptors (Lipinski definition) is 4. The Hall–Kier alpha value is -2.37. The molecule has 0 unspecified atom stereocenters. The lowest BCUT2D eigenvalue weighted by molar-refractivity contribution is 0.0689. The first-order chi connectivity index (χ1) is 9.58. The van der Waals surface area contributed by atoms with Crippen molar-refractivity contribution in [2.45, 2.75) is 26.8 Å². The first kappa shape index (κ1) is 14.0. The van der Waals surface area contributed by atoms with Crippen LogP contribution < -0.4 is 4.74 Å². The number of carboxylic acid groups (broad SMARTS) is 1. The maximum Gasteiger partial charge on any atom is 0.358 e. The Morgan fingerprint density at radius 2 is 2.00 bits per heavy atom. The Morgan fingerprint density at radius 1 is 1.30 bits per heavy atom. The van der Waals surface area contributed by atoms with Gasteiger partial charge in [-0.05, 0) is 26.0 Å². The molecular formula is C14H17N3O3. The van der Waals surface area contributed by atoms with Gasteiger partial charge in [-0.15, -0.1) is 5.10 Å². The SMILES string of the molecule is Cc1ccc(OCCCn2nnc(C(=O)O)c2C)cc1. The van der Waals surface area contributed by atoms with Crippen LogP contribution in [0.5, 0.6) is 5.75 Å². The normalized spacial score (nSPS) is 10.5. The molecule has 0 saturated carbocycles. The van der Waals surface area contributed by atoms with E-state index < -0.39 is 5.97 Å². The van der Waals surface area contributed by atoms with Crippen LogP contribution in [0.1, 0.15) is 28.2 Å². The van der Waals surface area contributed by atoms with Crippen molar-refractivity contribution in [1.82, 2.24) is 15.0 Å². The molecule has 0 saturated heterocycles. The highest BCUT2D eigenvalue weighted by atomic mass is 16.5. The van der Waals surface area contributed by atoms with Gasteiger partial charge in [-0.25, -0.2) is 9.48 Å². The number of nitrogens with zero attached hydrogens (tertiary/aromatic N) is 3. The van der Waals surface area contributed by atoms with Gasteiger partial charge in [0.25, 0.3) is 0 Å². The van der Waals surface area contributed by atoms with Crippen molar-refractivity contribution in [3.05, 3.63) is 41.2 Å². The minimum Gasteiger partial charge on any atom is -0.494 e. The van der Waals surface area contributed by atoms with Crippen LogP contribution in [-0.2, 0) is 6.54 Å². The molecule has 0 spiro atoms. The number of benzene rings is 1. The third-order valence-corrected chi connectivity index (χ3v) is 2.99. The molecule has 0 aliphatic heterocycles. The van der Waals surface area contributed by atoms with Gasteiger partial charge in [0.15, 0.2) is 5.69 Å². The van der Waals surface area contributed by atoms with E-state index in [0.717, 1.165) is 12.2 Å². The standard InChI is InChI=1S/C14H17N3O3/c1-10-4-6-12(7-5-10)20-9-3-8-17-11(2)13(14(18)19)15-16-17/h4-7H,3,8-9H2,1-2H3,(H,18,19). The fraction of sp³-hybridized carbons (Fsp3) is 0.357. The van der Waals surface area contributed by atoms with Gasteiger partial charge in [0, 0.05) is 13.0 Å². The summed E-state index contributed by atoms with van der Waals surface area (Å²) in [6.45, 7) is 4.85. The number of aryl methyl sites for hydroxylation is 2. The number of carboxylic acids is 1. The van der Waals surface area contributed by atoms with Crippen molar-refractivity contribution in [2.75, 3.05) is 6.61 Å². The van der Waals surface area contributed by atoms with Crippen molar-refractivity contribution in [3.8, 4) is 5.75 Å². The molecule has 2 aromatic rings. The zero-order valence-electron chi connectivity index (χ0n) is 11.5. The van der Waals surface area contributed by atoms with Crippen molar-refractivity contribution in [3.63, 3.8) is 0 Å². The monoisotopic (exact) mass is 275 g/mol. The van der Waals surface area contributed by atoms with Crippen LogP contribution >= 0.6 is 0 Å². The minimum atomic E-state index is -1.05. The van der Waals surface area contributed by atoms with Gasteiger partial charge < -0.3 is 9.84 Å². The van der Waals surface area contributed by atoms with E-state index in [4.69, 9.17) is 9.84 Å². The highest BCUT2D eigenvalue weighted by Crippen LogP contribution is 2.12. The number of aromatic nitrogens is 3. The van der Waals surface area contributed by atoms with Crippen molar-refractivity contribution in [1.29, 1.82) is 0 Å². The molecule has 1 heterocycles. The average molecular weight is 275 g/mol. The summed E-state index contributed by atoms with van der Waals surface area (Å²) in [5.41, 5.74) is 1.76. The number of hydrogen-bond donors (Lipinski definition) is 1. The molecule has 0 atom stereocenters. The molecule has 20 heavy (non-hydrogen) atoms. The highest BCUT2D eigenvalue weighted by molar-refractivity contribution is 5.86. The largest absolute Gasteiger partial charge is 0.494 e. The molecule has 0 aliphatic carbocycles. The van der Waals surface area contributed by atoms with Crippen LogP contribution in [0.3, 0.4) is 0 Å². The van der Waals surface area contributed by atoms with Crippen molar-refractivity contribution in [2.24, 2.45) is 0 Å². The van der Waals surface area contributed by atoms with Gasteiger partial charge in [-0.1, -0.05) is 22.9 Å². The van der Waals surface area contributed by atoms with E-state index in [-0.39, 0.29) is 5.69 Å². The van der Waals surface area contributed by atoms with Crippen LogP contribution in [0, 0.1) is 13.8 Å². The summed E-state index contributed by atoms with van der Waals surface area (Å²) in [5.74, 6) is -0.221. The minimum absolute atomic E-state index is 0.00412. The third-order valence-electron chi connectivity index (χ3n) is 2.99. The summed E-state index contributed by atoms with van der Waals surface area (Å²) in [5, 5.41) is 16.3. The first-order valence-corrected chi connectivity index (χ1v) is 6.41. The van der Waals surface area contributed by atoms with E-state index in [1.807, 2.05) is 31.2 Å². The van der Waals surface area contributed by atoms with Gasteiger partial charge in [-0.3, -0.25) is 0 Å². The van der Waals surface area contributed by atoms with E-state index in [0.29, 0.717) is 18.8 Å². The Balaban J connectivity index is 1.81. The van der Waals surface area contributed by atoms with E-state index in [9.17, 15) is 4.79 Å². The van der Waals surface area contributed by atoms with Crippen LogP contribution in [0.15, 0.2) is 24.3 Å². The predicted octanol–water partition coefficient (Wildman–Crippen LogP) is 2.06. The quantitative estimate of drug-likeness (QED) is 0.816. The summed E-state index contributed by atoms with van der Waals surface area (Å²) in [7, 11) is 0. The molecule has 106 valence electrons. The average Bonchev–Trinajstić information content (AvgIpc) is 2.78. The van der Waals surface area contributed by atoms with Crippen molar-refractivity contribution < 1.29 is 14.6 Å². The fourth-order valence-electron chi connectivity index (χ4n) is 1.81. The molecular weight excluding hydrogens is 258 g/mol. The van der Waals surface area contributed by atoms with E-state index in [2.05, 4.69) is 10.3 Å². The molecule has 1 aromatic carbocycles. The first-order valence-electron chi connectivity index (χ1n) is 6.41.